The molecular weight excluding hydrogens is 967 g/mol. The molecule has 24 nitrogen and oxygen atoms in total. The highest BCUT2D eigenvalue weighted by molar-refractivity contribution is 7.80. The van der Waals surface area contributed by atoms with E-state index in [0.717, 1.165) is 10.8 Å². The summed E-state index contributed by atoms with van der Waals surface area (Å²) in [6.07, 6.45) is -3.50. The lowest BCUT2D eigenvalue weighted by Crippen LogP contribution is -2.34. The van der Waals surface area contributed by atoms with Crippen molar-refractivity contribution in [3.8, 4) is 34.8 Å². The molecule has 5 atom stereocenters. The second-order valence-corrected chi connectivity index (χ2v) is 19.4. The number of phosphoric acid groups is 3. The zero-order chi connectivity index (χ0) is 49.1. The number of thiocarbonyl (C=S) groups is 1. The number of ether oxygens (including phenoxy) is 3. The summed E-state index contributed by atoms with van der Waals surface area (Å²) in [7, 11) is -17.0. The maximum absolute atomic E-state index is 13.4. The summed E-state index contributed by atoms with van der Waals surface area (Å²) in [5.41, 5.74) is -1.60. The number of nitrogens with one attached hydrogen (secondary N) is 3. The van der Waals surface area contributed by atoms with E-state index in [-0.39, 0.29) is 52.2 Å². The number of hydrogen-bond acceptors (Lipinski definition) is 17. The summed E-state index contributed by atoms with van der Waals surface area (Å²) >= 11 is 5.38. The van der Waals surface area contributed by atoms with Crippen LogP contribution in [0.3, 0.4) is 0 Å². The lowest BCUT2D eigenvalue weighted by Gasteiger charge is -2.36. The van der Waals surface area contributed by atoms with Gasteiger partial charge in [-0.1, -0.05) is 38.7 Å². The van der Waals surface area contributed by atoms with Crippen molar-refractivity contribution < 1.29 is 80.7 Å². The first-order chi connectivity index (χ1) is 31.5. The average molecular weight is 1010 g/mol. The van der Waals surface area contributed by atoms with Gasteiger partial charge in [-0.2, -0.15) is 8.62 Å². The zero-order valence-electron chi connectivity index (χ0n) is 35.4. The van der Waals surface area contributed by atoms with Crippen LogP contribution < -0.4 is 26.6 Å². The summed E-state index contributed by atoms with van der Waals surface area (Å²) in [5.74, 6) is 4.83. The SMILES string of the molecule is CCN(CC)CC.O=C1OC2(c3ccc(O)cc3Oc3cc(O)ccc32)c2ccc(NC(=S)NCC#Cc3cn([C@H]4C[C@H](O)[C@@H](COP(=O)(O)OP(=O)(O)OP(=O)(O)O)O4)c(=O)[nH]c3=O)cc21. The first kappa shape index (κ1) is 51.1. The van der Waals surface area contributed by atoms with Crippen molar-refractivity contribution >= 4 is 52.5 Å². The Morgan fingerprint density at radius 1 is 0.910 bits per heavy atom. The molecule has 4 heterocycles. The van der Waals surface area contributed by atoms with E-state index in [1.807, 2.05) is 4.98 Å². The van der Waals surface area contributed by atoms with E-state index in [9.17, 15) is 53.2 Å². The van der Waals surface area contributed by atoms with Crippen LogP contribution >= 0.6 is 35.7 Å². The van der Waals surface area contributed by atoms with Gasteiger partial charge in [0.15, 0.2) is 10.7 Å². The molecule has 0 radical (unpaired) electrons. The average Bonchev–Trinajstić information content (AvgIpc) is 3.74. The van der Waals surface area contributed by atoms with Crippen molar-refractivity contribution in [3.05, 3.63) is 109 Å². The Kier molecular flexibility index (Phi) is 15.7. The van der Waals surface area contributed by atoms with Gasteiger partial charge < -0.3 is 64.6 Å². The number of nitrogens with zero attached hydrogens (tertiary/aromatic N) is 2. The molecule has 0 amide bonds. The first-order valence-electron chi connectivity index (χ1n) is 19.9. The van der Waals surface area contributed by atoms with E-state index < -0.39 is 71.3 Å². The number of anilines is 1. The van der Waals surface area contributed by atoms with Crippen molar-refractivity contribution in [3.63, 3.8) is 0 Å². The van der Waals surface area contributed by atoms with Crippen LogP contribution in [0, 0.1) is 11.8 Å². The summed E-state index contributed by atoms with van der Waals surface area (Å²) < 4.78 is 64.6. The van der Waals surface area contributed by atoms with Gasteiger partial charge in [0.1, 0.15) is 40.9 Å². The molecule has 1 aromatic heterocycles. The van der Waals surface area contributed by atoms with Crippen molar-refractivity contribution in [2.75, 3.05) is 38.1 Å². The lowest BCUT2D eigenvalue weighted by molar-refractivity contribution is -0.0450. The number of aromatic hydroxyl groups is 2. The molecule has 3 aliphatic rings. The molecule has 67 heavy (non-hydrogen) atoms. The number of benzene rings is 3. The predicted octanol–water partition coefficient (Wildman–Crippen LogP) is 3.19. The maximum atomic E-state index is 13.4. The number of aromatic amines is 1. The molecular formula is C39H44N5O19P3S. The van der Waals surface area contributed by atoms with Crippen LogP contribution in [0.25, 0.3) is 0 Å². The van der Waals surface area contributed by atoms with Crippen LogP contribution in [0.15, 0.2) is 70.4 Å². The molecule has 0 saturated carbocycles. The van der Waals surface area contributed by atoms with Crippen LogP contribution in [-0.4, -0.2) is 105 Å². The normalized spacial score (nSPS) is 19.5. The number of phosphoric ester groups is 1. The number of carbonyl (C=O) groups is 1. The molecule has 3 aromatic carbocycles. The van der Waals surface area contributed by atoms with Crippen LogP contribution in [0.4, 0.5) is 5.69 Å². The maximum Gasteiger partial charge on any atom is 0.490 e. The van der Waals surface area contributed by atoms with Gasteiger partial charge in [0.2, 0.25) is 0 Å². The van der Waals surface area contributed by atoms with Gasteiger partial charge in [0, 0.05) is 47.1 Å². The van der Waals surface area contributed by atoms with E-state index in [1.54, 1.807) is 24.3 Å². The molecule has 1 saturated heterocycles. The molecule has 4 aromatic rings. The Balaban J connectivity index is 0.000000980. The van der Waals surface area contributed by atoms with Crippen molar-refractivity contribution in [1.29, 1.82) is 0 Å². The minimum absolute atomic E-state index is 0.0625. The van der Waals surface area contributed by atoms with Crippen molar-refractivity contribution in [2.24, 2.45) is 0 Å². The number of rotatable bonds is 13. The number of H-pyrrole nitrogens is 1. The van der Waals surface area contributed by atoms with Gasteiger partial charge >= 0.3 is 35.1 Å². The summed E-state index contributed by atoms with van der Waals surface area (Å²) in [6, 6.07) is 13.6. The number of hydrogen-bond donors (Lipinski definition) is 10. The zero-order valence-corrected chi connectivity index (χ0v) is 38.9. The highest BCUT2D eigenvalue weighted by atomic mass is 32.1. The fourth-order valence-electron chi connectivity index (χ4n) is 7.19. The molecule has 2 unspecified atom stereocenters. The van der Waals surface area contributed by atoms with Crippen molar-refractivity contribution in [1.82, 2.24) is 19.8 Å². The van der Waals surface area contributed by atoms with E-state index >= 15 is 0 Å². The minimum atomic E-state index is -5.79. The van der Waals surface area contributed by atoms with Gasteiger partial charge in [-0.15, -0.1) is 0 Å². The standard InChI is InChI=1S/C33H29N4O19P3S.C6H15N/c38-18-4-7-22-25(11-18)52-26-12-19(39)5-8-23(26)33(22)21-6-3-17(10-20(21)30(42)54-33)35-31(60)34-9-1-2-16-14-37(32(43)36-29(16)41)28-13-24(40)27(53-28)15-51-58(47,48)56-59(49,50)55-57(44,45)46;1-4-7(5-2)6-3/h3-8,10-12,14,24,27-28,38-40H,9,13,15H2,(H,47,48)(H,49,50)(H2,34,35,60)(H,36,41,43)(H2,44,45,46);4-6H2,1-3H3/t24-,27+,28+;/m0./s1. The minimum Gasteiger partial charge on any atom is -0.508 e. The number of esters is 1. The number of fused-ring (bicyclic) bond motifs is 6. The Morgan fingerprint density at radius 3 is 2.10 bits per heavy atom. The Morgan fingerprint density at radius 2 is 1.52 bits per heavy atom. The van der Waals surface area contributed by atoms with Gasteiger partial charge in [-0.3, -0.25) is 18.9 Å². The monoisotopic (exact) mass is 1010 g/mol. The van der Waals surface area contributed by atoms with E-state index in [0.29, 0.717) is 22.4 Å². The Bertz CT molecular complexity index is 2840. The third kappa shape index (κ3) is 12.1. The van der Waals surface area contributed by atoms with E-state index in [4.69, 9.17) is 36.2 Å². The third-order valence-electron chi connectivity index (χ3n) is 10.2. The van der Waals surface area contributed by atoms with Crippen LogP contribution in [0.1, 0.15) is 66.0 Å². The van der Waals surface area contributed by atoms with E-state index in [2.05, 4.69) is 61.3 Å². The first-order valence-corrected chi connectivity index (χ1v) is 24.9. The highest BCUT2D eigenvalue weighted by Gasteiger charge is 2.54. The highest BCUT2D eigenvalue weighted by Crippen LogP contribution is 2.66. The number of phenols is 2. The van der Waals surface area contributed by atoms with Crippen LogP contribution in [0.2, 0.25) is 0 Å². The number of aromatic nitrogens is 2. The molecule has 0 aliphatic carbocycles. The van der Waals surface area contributed by atoms with E-state index in [1.165, 1.54) is 50.0 Å². The number of phenolic OH excluding ortho intramolecular Hbond substituents is 2. The Hall–Kier alpha value is -5.25. The van der Waals surface area contributed by atoms with Gasteiger partial charge in [-0.05, 0) is 68.3 Å². The third-order valence-corrected chi connectivity index (χ3v) is 14.3. The quantitative estimate of drug-likeness (QED) is 0.0398. The second-order valence-electron chi connectivity index (χ2n) is 14.6. The predicted molar refractivity (Wildman–Crippen MR) is 238 cm³/mol. The number of aliphatic hydroxyl groups is 1. The van der Waals surface area contributed by atoms with Crippen molar-refractivity contribution in [2.45, 2.75) is 51.2 Å². The van der Waals surface area contributed by atoms with Gasteiger partial charge in [0.05, 0.1) is 24.8 Å². The number of carbonyl (C=O) groups excluding carboxylic acids is 1. The fourth-order valence-corrected chi connectivity index (χ4v) is 10.4. The largest absolute Gasteiger partial charge is 0.508 e. The Labute approximate surface area is 385 Å². The fraction of sp³-hybridized carbons (Fsp3) is 0.333. The molecule has 3 aliphatic heterocycles. The summed E-state index contributed by atoms with van der Waals surface area (Å²) in [5, 5.41) is 36.5. The molecule has 7 rings (SSSR count). The molecule has 10 N–H and O–H groups in total. The molecule has 1 spiro atoms. The topological polar surface area (TPSA) is 347 Å². The summed E-state index contributed by atoms with van der Waals surface area (Å²) in [6.45, 7) is 9.01. The lowest BCUT2D eigenvalue weighted by atomic mass is 9.77. The van der Waals surface area contributed by atoms with Gasteiger partial charge in [-0.25, -0.2) is 23.3 Å². The molecule has 1 fully saturated rings. The smallest absolute Gasteiger partial charge is 0.490 e. The second kappa shape index (κ2) is 20.5. The van der Waals surface area contributed by atoms with Crippen LogP contribution in [-0.2, 0) is 41.9 Å². The molecule has 28 heteroatoms. The molecule has 360 valence electrons. The molecule has 0 bridgehead atoms. The number of aliphatic hydroxyl groups excluding tert-OH is 1. The van der Waals surface area contributed by atoms with Gasteiger partial charge in [0.25, 0.3) is 5.56 Å². The summed E-state index contributed by atoms with van der Waals surface area (Å²) in [4.78, 5) is 79.3. The van der Waals surface area contributed by atoms with Crippen LogP contribution in [0.5, 0.6) is 23.0 Å².